The molecule has 15 rings (SSSR count). The molecule has 0 bridgehead atoms. The van der Waals surface area contributed by atoms with Crippen molar-refractivity contribution in [3.8, 4) is 55.6 Å². The molecule has 0 heterocycles. The molecule has 2 aliphatic rings. The van der Waals surface area contributed by atoms with Crippen LogP contribution in [0.2, 0.25) is 0 Å². The second-order valence-corrected chi connectivity index (χ2v) is 26.0. The lowest BCUT2D eigenvalue weighted by atomic mass is 9.66. The molecule has 13 aromatic carbocycles. The minimum Gasteiger partial charge on any atom is -0.0622 e. The first-order valence-electron chi connectivity index (χ1n) is 28.5. The van der Waals surface area contributed by atoms with Crippen LogP contribution in [0, 0.1) is 0 Å². The number of hydrogen-bond donors (Lipinski definition) is 0. The Morgan fingerprint density at radius 2 is 0.684 bits per heavy atom. The molecule has 2 aliphatic carbocycles. The fourth-order valence-electron chi connectivity index (χ4n) is 14.2. The van der Waals surface area contributed by atoms with Gasteiger partial charge in [0.1, 0.15) is 0 Å². The molecular weight excluding hydrogens is 949 g/mol. The monoisotopic (exact) mass is 1010 g/mol. The zero-order valence-corrected chi connectivity index (χ0v) is 46.9. The van der Waals surface area contributed by atoms with Gasteiger partial charge in [-0.05, 0) is 212 Å². The molecule has 0 heteroatoms. The lowest BCUT2D eigenvalue weighted by molar-refractivity contribution is 0.588. The smallest absolute Gasteiger partial charge is 0.0622 e. The third-order valence-corrected chi connectivity index (χ3v) is 18.2. The van der Waals surface area contributed by atoms with E-state index in [1.165, 1.54) is 159 Å². The van der Waals surface area contributed by atoms with E-state index < -0.39 is 5.41 Å². The summed E-state index contributed by atoms with van der Waals surface area (Å²) in [7, 11) is 0. The number of hydrogen-bond acceptors (Lipinski definition) is 0. The average molecular weight is 1010 g/mol. The zero-order chi connectivity index (χ0) is 53.9. The van der Waals surface area contributed by atoms with Crippen LogP contribution in [-0.2, 0) is 21.7 Å². The molecule has 0 radical (unpaired) electrons. The van der Waals surface area contributed by atoms with Gasteiger partial charge in [0.25, 0.3) is 0 Å². The Kier molecular flexibility index (Phi) is 10.1. The highest BCUT2D eigenvalue weighted by Gasteiger charge is 2.47. The molecule has 0 amide bonds. The number of rotatable bonds is 4. The van der Waals surface area contributed by atoms with Crippen LogP contribution in [0.25, 0.3) is 120 Å². The van der Waals surface area contributed by atoms with Crippen LogP contribution in [0.3, 0.4) is 0 Å². The van der Waals surface area contributed by atoms with Crippen LogP contribution in [0.15, 0.2) is 224 Å². The van der Waals surface area contributed by atoms with Gasteiger partial charge >= 0.3 is 0 Å². The first kappa shape index (κ1) is 47.6. The van der Waals surface area contributed by atoms with Crippen molar-refractivity contribution >= 4 is 64.6 Å². The summed E-state index contributed by atoms with van der Waals surface area (Å²) in [6.45, 7) is 21.3. The Hall–Kier alpha value is -8.58. The number of benzene rings is 13. The van der Waals surface area contributed by atoms with Gasteiger partial charge in [-0.3, -0.25) is 0 Å². The highest BCUT2D eigenvalue weighted by atomic mass is 14.5. The van der Waals surface area contributed by atoms with Gasteiger partial charge in [-0.1, -0.05) is 250 Å². The highest BCUT2D eigenvalue weighted by Crippen LogP contribution is 2.63. The summed E-state index contributed by atoms with van der Waals surface area (Å²) < 4.78 is 0. The molecule has 0 saturated carbocycles. The predicted octanol–water partition coefficient (Wildman–Crippen LogP) is 21.8. The first-order chi connectivity index (χ1) is 38.1. The van der Waals surface area contributed by atoms with Crippen molar-refractivity contribution in [3.63, 3.8) is 0 Å². The van der Waals surface area contributed by atoms with E-state index in [1.807, 2.05) is 0 Å². The molecule has 0 atom stereocenters. The summed E-state index contributed by atoms with van der Waals surface area (Å²) in [6, 6.07) is 87.4. The maximum absolute atomic E-state index is 2.67. The van der Waals surface area contributed by atoms with Crippen molar-refractivity contribution < 1.29 is 0 Å². The van der Waals surface area contributed by atoms with Gasteiger partial charge in [-0.2, -0.15) is 0 Å². The second-order valence-electron chi connectivity index (χ2n) is 26.0. The van der Waals surface area contributed by atoms with Gasteiger partial charge in [-0.15, -0.1) is 0 Å². The predicted molar refractivity (Wildman–Crippen MR) is 340 cm³/mol. The second kappa shape index (κ2) is 16.7. The largest absolute Gasteiger partial charge is 0.0713 e. The van der Waals surface area contributed by atoms with Crippen LogP contribution < -0.4 is 0 Å². The van der Waals surface area contributed by atoms with E-state index in [1.54, 1.807) is 0 Å². The van der Waals surface area contributed by atoms with Gasteiger partial charge in [0.2, 0.25) is 0 Å². The van der Waals surface area contributed by atoms with E-state index in [2.05, 4.69) is 287 Å². The van der Waals surface area contributed by atoms with Crippen molar-refractivity contribution in [1.29, 1.82) is 0 Å². The Labute approximate surface area is 465 Å². The van der Waals surface area contributed by atoms with E-state index in [4.69, 9.17) is 0 Å². The fourth-order valence-corrected chi connectivity index (χ4v) is 14.2. The van der Waals surface area contributed by atoms with Crippen LogP contribution in [0.5, 0.6) is 0 Å². The average Bonchev–Trinajstić information content (AvgIpc) is 4.15. The topological polar surface area (TPSA) is 0 Å². The Morgan fingerprint density at radius 1 is 0.253 bits per heavy atom. The molecule has 0 unspecified atom stereocenters. The zero-order valence-electron chi connectivity index (χ0n) is 46.9. The standard InChI is InChI=1S/C79H64/c1-76(2,3)56-34-37-63-64-45-65-66(46-70(64)79(69(63)44-56,54-22-12-10-13-23-54)55-24-14-11-15-25-55)73(52-33-36-62-50(39-52)31-29-48-21-17-19-27-60(48)62)75-68-43-58(78(7,8)9)41-53-40-57(77(4,5)6)42-67(71(53)68)74(75)72(65)51-32-35-61-49(38-51)30-28-47-20-16-18-26-59(47)61/h10-46H,1-9H3. The number of fused-ring (bicyclic) bond motifs is 13. The summed E-state index contributed by atoms with van der Waals surface area (Å²) in [4.78, 5) is 0. The lowest BCUT2D eigenvalue weighted by Crippen LogP contribution is -2.29. The fraction of sp³-hybridized carbons (Fsp3) is 0.165. The Morgan fingerprint density at radius 3 is 1.18 bits per heavy atom. The first-order valence-corrected chi connectivity index (χ1v) is 28.5. The van der Waals surface area contributed by atoms with Crippen molar-refractivity contribution in [2.45, 2.75) is 84.0 Å². The van der Waals surface area contributed by atoms with Crippen molar-refractivity contribution in [2.24, 2.45) is 0 Å². The van der Waals surface area contributed by atoms with E-state index in [9.17, 15) is 0 Å². The lowest BCUT2D eigenvalue weighted by Gasteiger charge is -2.35. The van der Waals surface area contributed by atoms with Crippen molar-refractivity contribution in [2.75, 3.05) is 0 Å². The minimum absolute atomic E-state index is 0.0657. The van der Waals surface area contributed by atoms with E-state index >= 15 is 0 Å². The van der Waals surface area contributed by atoms with Crippen molar-refractivity contribution in [3.05, 3.63) is 263 Å². The molecule has 13 aromatic rings. The molecule has 0 fully saturated rings. The van der Waals surface area contributed by atoms with Crippen molar-refractivity contribution in [1.82, 2.24) is 0 Å². The van der Waals surface area contributed by atoms with Crippen LogP contribution in [-0.4, -0.2) is 0 Å². The molecule has 0 aliphatic heterocycles. The highest BCUT2D eigenvalue weighted by molar-refractivity contribution is 6.29. The third-order valence-electron chi connectivity index (χ3n) is 18.2. The van der Waals surface area contributed by atoms with Crippen LogP contribution in [0.1, 0.15) is 101 Å². The maximum atomic E-state index is 2.67. The summed E-state index contributed by atoms with van der Waals surface area (Å²) in [5.74, 6) is 0. The Balaban J connectivity index is 1.18. The quantitative estimate of drug-likeness (QED) is 0.154. The van der Waals surface area contributed by atoms with E-state index in [-0.39, 0.29) is 16.2 Å². The van der Waals surface area contributed by atoms with Gasteiger partial charge in [0.15, 0.2) is 0 Å². The summed E-state index contributed by atoms with van der Waals surface area (Å²) >= 11 is 0. The van der Waals surface area contributed by atoms with Gasteiger partial charge in [0, 0.05) is 0 Å². The molecule has 380 valence electrons. The molecule has 0 nitrogen and oxygen atoms in total. The van der Waals surface area contributed by atoms with Crippen LogP contribution >= 0.6 is 0 Å². The summed E-state index contributed by atoms with van der Waals surface area (Å²) in [6.07, 6.45) is 0. The van der Waals surface area contributed by atoms with Gasteiger partial charge in [0.05, 0.1) is 5.41 Å². The molecule has 0 spiro atoms. The van der Waals surface area contributed by atoms with Gasteiger partial charge in [-0.25, -0.2) is 0 Å². The summed E-state index contributed by atoms with van der Waals surface area (Å²) in [5.41, 5.74) is 21.3. The minimum atomic E-state index is -0.616. The Bertz CT molecular complexity index is 4690. The molecular formula is C79H64. The SMILES string of the molecule is CC(C)(C)c1ccc2c(c1)C(c1ccccc1)(c1ccccc1)c1cc3c(-c4ccc5c(ccc6ccccc65)c4)c4c(c(-c5ccc6c(ccc7ccccc76)c5)c3cc1-2)-c1cc(C(C)(C)C)cc2cc(C(C)(C)C)cc-4c12. The maximum Gasteiger partial charge on any atom is 0.0713 e. The molecule has 0 N–H and O–H groups in total. The summed E-state index contributed by atoms with van der Waals surface area (Å²) in [5, 5.41) is 15.3. The molecule has 79 heavy (non-hydrogen) atoms. The third kappa shape index (κ3) is 6.99. The van der Waals surface area contributed by atoms with E-state index in [0.29, 0.717) is 0 Å². The molecule has 0 aromatic heterocycles. The normalized spacial score (nSPS) is 13.7. The molecule has 0 saturated heterocycles. The van der Waals surface area contributed by atoms with Gasteiger partial charge < -0.3 is 0 Å². The van der Waals surface area contributed by atoms with Crippen LogP contribution in [0.4, 0.5) is 0 Å². The van der Waals surface area contributed by atoms with E-state index in [0.717, 1.165) is 0 Å².